The molecule has 0 saturated carbocycles. The van der Waals surface area contributed by atoms with E-state index in [0.29, 0.717) is 0 Å². The van der Waals surface area contributed by atoms with E-state index in [0.717, 1.165) is 25.5 Å². The molecule has 0 spiro atoms. The van der Waals surface area contributed by atoms with Crippen LogP contribution in [0.3, 0.4) is 0 Å². The molecular formula is C8H15O. The van der Waals surface area contributed by atoms with Gasteiger partial charge in [0.05, 0.1) is 0 Å². The zero-order valence-corrected chi connectivity index (χ0v) is 5.94. The fourth-order valence-corrected chi connectivity index (χ4v) is 0.758. The summed E-state index contributed by atoms with van der Waals surface area (Å²) in [5.74, 6) is 0. The first-order chi connectivity index (χ1) is 4.41. The van der Waals surface area contributed by atoms with Crippen LogP contribution in [0.1, 0.15) is 38.5 Å². The Morgan fingerprint density at radius 3 is 2.33 bits per heavy atom. The predicted octanol–water partition coefficient (Wildman–Crippen LogP) is 2.36. The minimum Gasteiger partial charge on any atom is -0.303 e. The molecule has 1 radical (unpaired) electrons. The van der Waals surface area contributed by atoms with E-state index in [-0.39, 0.29) is 0 Å². The first-order valence-corrected chi connectivity index (χ1v) is 3.64. The van der Waals surface area contributed by atoms with Crippen LogP contribution in [0.25, 0.3) is 0 Å². The highest BCUT2D eigenvalue weighted by Gasteiger charge is 1.85. The van der Waals surface area contributed by atoms with Crippen LogP contribution < -0.4 is 0 Å². The smallest absolute Gasteiger partial charge is 0.119 e. The molecule has 0 aromatic heterocycles. The summed E-state index contributed by atoms with van der Waals surface area (Å²) in [5.41, 5.74) is 0. The van der Waals surface area contributed by atoms with Crippen LogP contribution in [0.4, 0.5) is 0 Å². The normalized spacial score (nSPS) is 9.44. The van der Waals surface area contributed by atoms with Crippen molar-refractivity contribution in [3.63, 3.8) is 0 Å². The van der Waals surface area contributed by atoms with Gasteiger partial charge in [-0.05, 0) is 6.42 Å². The highest BCUT2D eigenvalue weighted by atomic mass is 16.1. The van der Waals surface area contributed by atoms with Crippen molar-refractivity contribution in [1.82, 2.24) is 0 Å². The lowest BCUT2D eigenvalue weighted by Gasteiger charge is -1.93. The van der Waals surface area contributed by atoms with Gasteiger partial charge in [-0.15, -0.1) is 0 Å². The minimum absolute atomic E-state index is 0.733. The average Bonchev–Trinajstić information content (AvgIpc) is 1.89. The van der Waals surface area contributed by atoms with E-state index in [9.17, 15) is 4.79 Å². The molecule has 1 nitrogen and oxygen atoms in total. The minimum atomic E-state index is 0.733. The van der Waals surface area contributed by atoms with E-state index in [1.54, 1.807) is 0 Å². The Kier molecular flexibility index (Phi) is 7.39. The van der Waals surface area contributed by atoms with Crippen molar-refractivity contribution in [1.29, 1.82) is 0 Å². The topological polar surface area (TPSA) is 17.1 Å². The van der Waals surface area contributed by atoms with Crippen molar-refractivity contribution in [2.45, 2.75) is 38.5 Å². The van der Waals surface area contributed by atoms with Crippen LogP contribution in [-0.2, 0) is 4.79 Å². The van der Waals surface area contributed by atoms with Crippen LogP contribution in [0.5, 0.6) is 0 Å². The predicted molar refractivity (Wildman–Crippen MR) is 39.1 cm³/mol. The number of hydrogen-bond donors (Lipinski definition) is 0. The second-order valence-corrected chi connectivity index (χ2v) is 2.22. The number of rotatable bonds is 6. The average molecular weight is 127 g/mol. The molecule has 0 rings (SSSR count). The van der Waals surface area contributed by atoms with Crippen LogP contribution in [0.2, 0.25) is 0 Å². The summed E-state index contributed by atoms with van der Waals surface area (Å²) in [6.07, 6.45) is 7.44. The number of aldehydes is 1. The van der Waals surface area contributed by atoms with Gasteiger partial charge >= 0.3 is 0 Å². The summed E-state index contributed by atoms with van der Waals surface area (Å²) in [6.45, 7) is 3.73. The lowest BCUT2D eigenvalue weighted by molar-refractivity contribution is -0.107. The van der Waals surface area contributed by atoms with Gasteiger partial charge in [-0.1, -0.05) is 32.6 Å². The second-order valence-electron chi connectivity index (χ2n) is 2.22. The molecule has 0 aromatic carbocycles. The maximum absolute atomic E-state index is 9.83. The Labute approximate surface area is 57.5 Å². The Hall–Kier alpha value is -0.330. The molecule has 0 unspecified atom stereocenters. The van der Waals surface area contributed by atoms with E-state index in [1.807, 2.05) is 0 Å². The van der Waals surface area contributed by atoms with Gasteiger partial charge in [0.15, 0.2) is 0 Å². The Morgan fingerprint density at radius 2 is 1.78 bits per heavy atom. The van der Waals surface area contributed by atoms with E-state index >= 15 is 0 Å². The maximum Gasteiger partial charge on any atom is 0.119 e. The number of unbranched alkanes of at least 4 members (excludes halogenated alkanes) is 5. The van der Waals surface area contributed by atoms with Crippen molar-refractivity contribution < 1.29 is 4.79 Å². The molecular weight excluding hydrogens is 112 g/mol. The molecule has 0 heterocycles. The van der Waals surface area contributed by atoms with Gasteiger partial charge in [0, 0.05) is 6.42 Å². The summed E-state index contributed by atoms with van der Waals surface area (Å²) in [6, 6.07) is 0. The largest absolute Gasteiger partial charge is 0.303 e. The zero-order valence-electron chi connectivity index (χ0n) is 5.94. The molecule has 0 aromatic rings. The third-order valence-electron chi connectivity index (χ3n) is 1.32. The van der Waals surface area contributed by atoms with Gasteiger partial charge in [-0.25, -0.2) is 0 Å². The SMILES string of the molecule is [CH2]CCCCCCC=O. The molecule has 0 amide bonds. The van der Waals surface area contributed by atoms with Crippen molar-refractivity contribution in [2.75, 3.05) is 0 Å². The van der Waals surface area contributed by atoms with Crippen molar-refractivity contribution in [2.24, 2.45) is 0 Å². The van der Waals surface area contributed by atoms with Crippen molar-refractivity contribution in [3.05, 3.63) is 6.92 Å². The fourth-order valence-electron chi connectivity index (χ4n) is 0.758. The lowest BCUT2D eigenvalue weighted by Crippen LogP contribution is -1.78. The van der Waals surface area contributed by atoms with E-state index in [4.69, 9.17) is 0 Å². The quantitative estimate of drug-likeness (QED) is 0.395. The summed E-state index contributed by atoms with van der Waals surface area (Å²) in [5, 5.41) is 0. The van der Waals surface area contributed by atoms with Crippen molar-refractivity contribution in [3.8, 4) is 0 Å². The molecule has 9 heavy (non-hydrogen) atoms. The van der Waals surface area contributed by atoms with Crippen LogP contribution in [0.15, 0.2) is 0 Å². The molecule has 0 aliphatic heterocycles. The highest BCUT2D eigenvalue weighted by molar-refractivity contribution is 5.48. The Balaban J connectivity index is 2.66. The van der Waals surface area contributed by atoms with Gasteiger partial charge < -0.3 is 4.79 Å². The van der Waals surface area contributed by atoms with Crippen molar-refractivity contribution >= 4 is 6.29 Å². The van der Waals surface area contributed by atoms with Gasteiger partial charge in [-0.2, -0.15) is 0 Å². The fraction of sp³-hybridized carbons (Fsp3) is 0.750. The third-order valence-corrected chi connectivity index (χ3v) is 1.32. The Morgan fingerprint density at radius 1 is 1.11 bits per heavy atom. The summed E-state index contributed by atoms with van der Waals surface area (Å²) < 4.78 is 0. The monoisotopic (exact) mass is 127 g/mol. The summed E-state index contributed by atoms with van der Waals surface area (Å²) in [4.78, 5) is 9.83. The molecule has 0 aliphatic rings. The molecule has 0 saturated heterocycles. The second kappa shape index (κ2) is 7.67. The molecule has 0 N–H and O–H groups in total. The van der Waals surface area contributed by atoms with E-state index < -0.39 is 0 Å². The molecule has 0 fully saturated rings. The van der Waals surface area contributed by atoms with Gasteiger partial charge in [-0.3, -0.25) is 0 Å². The highest BCUT2D eigenvalue weighted by Crippen LogP contribution is 2.02. The lowest BCUT2D eigenvalue weighted by atomic mass is 10.1. The van der Waals surface area contributed by atoms with Crippen LogP contribution in [0, 0.1) is 6.92 Å². The first kappa shape index (κ1) is 8.67. The maximum atomic E-state index is 9.83. The standard InChI is InChI=1S/C8H15O/c1-2-3-4-5-6-7-8-9/h8H,1-7H2. The molecule has 0 aliphatic carbocycles. The summed E-state index contributed by atoms with van der Waals surface area (Å²) >= 11 is 0. The molecule has 1 heteroatoms. The van der Waals surface area contributed by atoms with Gasteiger partial charge in [0.2, 0.25) is 0 Å². The van der Waals surface area contributed by atoms with E-state index in [1.165, 1.54) is 19.3 Å². The van der Waals surface area contributed by atoms with E-state index in [2.05, 4.69) is 6.92 Å². The van der Waals surface area contributed by atoms with Gasteiger partial charge in [0.25, 0.3) is 0 Å². The first-order valence-electron chi connectivity index (χ1n) is 3.64. The number of hydrogen-bond acceptors (Lipinski definition) is 1. The van der Waals surface area contributed by atoms with Crippen LogP contribution in [-0.4, -0.2) is 6.29 Å². The third kappa shape index (κ3) is 7.67. The Bertz CT molecular complexity index is 59.6. The molecule has 0 bridgehead atoms. The number of carbonyl (C=O) groups excluding carboxylic acids is 1. The molecule has 0 atom stereocenters. The summed E-state index contributed by atoms with van der Waals surface area (Å²) in [7, 11) is 0. The van der Waals surface area contributed by atoms with Crippen LogP contribution >= 0.6 is 0 Å². The zero-order chi connectivity index (χ0) is 6.95. The van der Waals surface area contributed by atoms with Gasteiger partial charge in [0.1, 0.15) is 6.29 Å². The number of carbonyl (C=O) groups is 1. The molecule has 53 valence electrons.